The average Bonchev–Trinajstić information content (AvgIpc) is 2.71. The van der Waals surface area contributed by atoms with Crippen molar-refractivity contribution in [2.45, 2.75) is 27.4 Å². The molecule has 3 aromatic rings. The zero-order chi connectivity index (χ0) is 20.1. The normalized spacial score (nSPS) is 10.4. The summed E-state index contributed by atoms with van der Waals surface area (Å²) in [5.74, 6) is -0.416. The highest BCUT2D eigenvalue weighted by Gasteiger charge is 2.13. The first-order valence-electron chi connectivity index (χ1n) is 9.30. The minimum atomic E-state index is -0.416. The van der Waals surface area contributed by atoms with Crippen LogP contribution in [0.2, 0.25) is 0 Å². The first-order chi connectivity index (χ1) is 13.5. The van der Waals surface area contributed by atoms with Crippen LogP contribution in [0.4, 0.5) is 17.1 Å². The molecule has 28 heavy (non-hydrogen) atoms. The molecule has 0 aliphatic carbocycles. The van der Waals surface area contributed by atoms with Gasteiger partial charge in [0.15, 0.2) is 0 Å². The number of benzene rings is 3. The van der Waals surface area contributed by atoms with Crippen molar-refractivity contribution in [1.82, 2.24) is 0 Å². The van der Waals surface area contributed by atoms with Gasteiger partial charge in [-0.25, -0.2) is 4.79 Å². The molecule has 0 saturated heterocycles. The fourth-order valence-electron chi connectivity index (χ4n) is 2.96. The van der Waals surface area contributed by atoms with Crippen LogP contribution in [0.15, 0.2) is 79.4 Å². The van der Waals surface area contributed by atoms with Crippen LogP contribution in [-0.2, 0) is 16.1 Å². The molecular formula is C25H25NO2. The number of esters is 1. The lowest BCUT2D eigenvalue weighted by molar-refractivity contribution is -0.138. The Morgan fingerprint density at radius 3 is 2.00 bits per heavy atom. The summed E-state index contributed by atoms with van der Waals surface area (Å²) in [6.07, 6.45) is 1.17. The summed E-state index contributed by atoms with van der Waals surface area (Å²) in [5.41, 5.74) is 7.93. The summed E-state index contributed by atoms with van der Waals surface area (Å²) < 4.78 is 5.12. The molecule has 0 radical (unpaired) electrons. The summed E-state index contributed by atoms with van der Waals surface area (Å²) in [5, 5.41) is 0. The number of hydrogen-bond donors (Lipinski definition) is 0. The third-order valence-electron chi connectivity index (χ3n) is 4.78. The zero-order valence-electron chi connectivity index (χ0n) is 16.6. The molecule has 3 heteroatoms. The Morgan fingerprint density at radius 2 is 1.43 bits per heavy atom. The Hall–Kier alpha value is -3.33. The third kappa shape index (κ3) is 4.49. The van der Waals surface area contributed by atoms with E-state index >= 15 is 0 Å². The maximum atomic E-state index is 11.3. The van der Waals surface area contributed by atoms with Gasteiger partial charge >= 0.3 is 5.97 Å². The van der Waals surface area contributed by atoms with Crippen molar-refractivity contribution in [1.29, 1.82) is 0 Å². The van der Waals surface area contributed by atoms with E-state index in [1.807, 2.05) is 24.3 Å². The minimum absolute atomic E-state index is 0.235. The lowest BCUT2D eigenvalue weighted by Gasteiger charge is -2.26. The number of carbonyl (C=O) groups is 1. The highest BCUT2D eigenvalue weighted by Crippen LogP contribution is 2.35. The van der Waals surface area contributed by atoms with Crippen LogP contribution >= 0.6 is 0 Å². The second-order valence-corrected chi connectivity index (χ2v) is 6.92. The number of carbonyl (C=O) groups excluding carboxylic acids is 1. The number of anilines is 3. The molecule has 0 saturated carbocycles. The molecule has 0 N–H and O–H groups in total. The fraction of sp³-hybridized carbons (Fsp3) is 0.160. The smallest absolute Gasteiger partial charge is 0.330 e. The van der Waals surface area contributed by atoms with Crippen LogP contribution in [0, 0.1) is 20.8 Å². The van der Waals surface area contributed by atoms with Gasteiger partial charge in [-0.1, -0.05) is 42.5 Å². The molecular weight excluding hydrogens is 346 g/mol. The van der Waals surface area contributed by atoms with Gasteiger partial charge in [-0.05, 0) is 73.9 Å². The predicted molar refractivity (Wildman–Crippen MR) is 115 cm³/mol. The monoisotopic (exact) mass is 371 g/mol. The van der Waals surface area contributed by atoms with Gasteiger partial charge in [-0.2, -0.15) is 0 Å². The Labute approximate surface area is 166 Å². The van der Waals surface area contributed by atoms with Crippen molar-refractivity contribution >= 4 is 23.0 Å². The lowest BCUT2D eigenvalue weighted by Crippen LogP contribution is -2.10. The number of rotatable bonds is 6. The molecule has 0 fully saturated rings. The first kappa shape index (κ1) is 19.4. The first-order valence-corrected chi connectivity index (χ1v) is 9.30. The number of hydrogen-bond acceptors (Lipinski definition) is 3. The molecule has 3 rings (SSSR count). The SMILES string of the molecule is C=CC(=O)OCc1ccc(N(c2ccc(C)cc2)c2ccc(C)c(C)c2)cc1. The molecule has 0 bridgehead atoms. The summed E-state index contributed by atoms with van der Waals surface area (Å²) in [4.78, 5) is 13.5. The summed E-state index contributed by atoms with van der Waals surface area (Å²) in [6.45, 7) is 9.99. The standard InChI is InChI=1S/C25H25NO2/c1-5-25(27)28-17-21-9-14-23(15-10-21)26(22-11-6-18(2)7-12-22)24-13-8-19(3)20(4)16-24/h5-16H,1,17H2,2-4H3. The second-order valence-electron chi connectivity index (χ2n) is 6.92. The molecule has 0 spiro atoms. The molecule has 0 aromatic heterocycles. The van der Waals surface area contributed by atoms with Crippen LogP contribution < -0.4 is 4.90 Å². The van der Waals surface area contributed by atoms with Crippen LogP contribution in [0.1, 0.15) is 22.3 Å². The highest BCUT2D eigenvalue weighted by molar-refractivity contribution is 5.81. The second kappa shape index (κ2) is 8.57. The minimum Gasteiger partial charge on any atom is -0.458 e. The number of aryl methyl sites for hydroxylation is 3. The van der Waals surface area contributed by atoms with E-state index in [2.05, 4.69) is 74.7 Å². The van der Waals surface area contributed by atoms with Crippen LogP contribution in [-0.4, -0.2) is 5.97 Å². The summed E-state index contributed by atoms with van der Waals surface area (Å²) in [7, 11) is 0. The zero-order valence-corrected chi connectivity index (χ0v) is 16.6. The van der Waals surface area contributed by atoms with E-state index in [0.717, 1.165) is 22.6 Å². The summed E-state index contributed by atoms with van der Waals surface area (Å²) >= 11 is 0. The van der Waals surface area contributed by atoms with Crippen molar-refractivity contribution in [3.8, 4) is 0 Å². The van der Waals surface area contributed by atoms with Gasteiger partial charge in [-0.3, -0.25) is 0 Å². The Morgan fingerprint density at radius 1 is 0.857 bits per heavy atom. The molecule has 142 valence electrons. The Bertz CT molecular complexity index is 972. The van der Waals surface area contributed by atoms with Gasteiger partial charge in [-0.15, -0.1) is 0 Å². The Kier molecular flexibility index (Phi) is 5.95. The molecule has 3 aromatic carbocycles. The maximum absolute atomic E-state index is 11.3. The van der Waals surface area contributed by atoms with E-state index < -0.39 is 5.97 Å². The fourth-order valence-corrected chi connectivity index (χ4v) is 2.96. The molecule has 0 aliphatic rings. The van der Waals surface area contributed by atoms with E-state index in [-0.39, 0.29) is 6.61 Å². The van der Waals surface area contributed by atoms with Crippen LogP contribution in [0.3, 0.4) is 0 Å². The van der Waals surface area contributed by atoms with Crippen molar-refractivity contribution in [2.75, 3.05) is 4.90 Å². The van der Waals surface area contributed by atoms with Gasteiger partial charge < -0.3 is 9.64 Å². The Balaban J connectivity index is 1.96. The largest absolute Gasteiger partial charge is 0.458 e. The number of nitrogens with zero attached hydrogens (tertiary/aromatic N) is 1. The van der Waals surface area contributed by atoms with E-state index in [9.17, 15) is 4.79 Å². The molecule has 0 unspecified atom stereocenters. The van der Waals surface area contributed by atoms with Crippen molar-refractivity contribution in [3.05, 3.63) is 102 Å². The molecule has 0 atom stereocenters. The quantitative estimate of drug-likeness (QED) is 0.375. The topological polar surface area (TPSA) is 29.5 Å². The summed E-state index contributed by atoms with van der Waals surface area (Å²) in [6, 6.07) is 23.0. The molecule has 0 amide bonds. The third-order valence-corrected chi connectivity index (χ3v) is 4.78. The van der Waals surface area contributed by atoms with Crippen molar-refractivity contribution in [2.24, 2.45) is 0 Å². The average molecular weight is 371 g/mol. The molecule has 0 heterocycles. The maximum Gasteiger partial charge on any atom is 0.330 e. The highest BCUT2D eigenvalue weighted by atomic mass is 16.5. The van der Waals surface area contributed by atoms with E-state index in [4.69, 9.17) is 4.74 Å². The van der Waals surface area contributed by atoms with Crippen molar-refractivity contribution in [3.63, 3.8) is 0 Å². The van der Waals surface area contributed by atoms with Crippen molar-refractivity contribution < 1.29 is 9.53 Å². The molecule has 3 nitrogen and oxygen atoms in total. The van der Waals surface area contributed by atoms with Crippen LogP contribution in [0.25, 0.3) is 0 Å². The number of ether oxygens (including phenoxy) is 1. The van der Waals surface area contributed by atoms with E-state index in [0.29, 0.717) is 0 Å². The van der Waals surface area contributed by atoms with Gasteiger partial charge in [0.25, 0.3) is 0 Å². The van der Waals surface area contributed by atoms with E-state index in [1.165, 1.54) is 22.8 Å². The van der Waals surface area contributed by atoms with Gasteiger partial charge in [0.1, 0.15) is 6.61 Å². The lowest BCUT2D eigenvalue weighted by atomic mass is 10.1. The van der Waals surface area contributed by atoms with Gasteiger partial charge in [0, 0.05) is 23.1 Å². The predicted octanol–water partition coefficient (Wildman–Crippen LogP) is 6.31. The van der Waals surface area contributed by atoms with Crippen LogP contribution in [0.5, 0.6) is 0 Å². The molecule has 0 aliphatic heterocycles. The van der Waals surface area contributed by atoms with Gasteiger partial charge in [0.05, 0.1) is 0 Å². The van der Waals surface area contributed by atoms with E-state index in [1.54, 1.807) is 0 Å². The van der Waals surface area contributed by atoms with Gasteiger partial charge in [0.2, 0.25) is 0 Å².